The predicted octanol–water partition coefficient (Wildman–Crippen LogP) is 4.25. The molecule has 1 rings (SSSR count). The molecule has 0 N–H and O–H groups in total. The minimum Gasteiger partial charge on any atom is -0.376 e. The van der Waals surface area contributed by atoms with Gasteiger partial charge in [-0.1, -0.05) is 0 Å². The predicted molar refractivity (Wildman–Crippen MR) is 88.8 cm³/mol. The van der Waals surface area contributed by atoms with Crippen LogP contribution in [0.25, 0.3) is 0 Å². The summed E-state index contributed by atoms with van der Waals surface area (Å²) < 4.78 is 11.7. The van der Waals surface area contributed by atoms with Crippen LogP contribution in [0.2, 0.25) is 0 Å². The highest BCUT2D eigenvalue weighted by atomic mass is 32.9. The van der Waals surface area contributed by atoms with E-state index in [0.717, 1.165) is 25.1 Å². The number of hydrogen-bond acceptors (Lipinski definition) is 6. The molecule has 0 amide bonds. The van der Waals surface area contributed by atoms with Crippen molar-refractivity contribution in [1.29, 1.82) is 5.26 Å². The van der Waals surface area contributed by atoms with Crippen molar-refractivity contribution in [2.45, 2.75) is 52.7 Å². The van der Waals surface area contributed by atoms with Crippen molar-refractivity contribution in [3.8, 4) is 6.07 Å². The molecule has 0 unspecified atom stereocenters. The van der Waals surface area contributed by atoms with Crippen molar-refractivity contribution in [3.05, 3.63) is 10.6 Å². The third-order valence-electron chi connectivity index (χ3n) is 2.61. The Labute approximate surface area is 131 Å². The van der Waals surface area contributed by atoms with Gasteiger partial charge in [0.1, 0.15) is 11.0 Å². The summed E-state index contributed by atoms with van der Waals surface area (Å²) in [6, 6.07) is 2.28. The SMILES string of the molecule is CC(C)OP(=S)(OC(C)C)S/C(C#N)=C1\CCCN1C. The van der Waals surface area contributed by atoms with Gasteiger partial charge in [-0.2, -0.15) is 5.26 Å². The van der Waals surface area contributed by atoms with Gasteiger partial charge in [0.25, 0.3) is 5.69 Å². The highest BCUT2D eigenvalue weighted by Gasteiger charge is 2.29. The molecule has 0 aromatic carbocycles. The first-order valence-electron chi connectivity index (χ1n) is 6.78. The maximum atomic E-state index is 9.44. The average molecular weight is 334 g/mol. The number of nitriles is 1. The normalized spacial score (nSPS) is 18.8. The first kappa shape index (κ1) is 18.0. The second-order valence-electron chi connectivity index (χ2n) is 5.26. The molecule has 0 aliphatic carbocycles. The van der Waals surface area contributed by atoms with Gasteiger partial charge in [0.05, 0.1) is 12.2 Å². The summed E-state index contributed by atoms with van der Waals surface area (Å²) in [7, 11) is 2.01. The van der Waals surface area contributed by atoms with Gasteiger partial charge in [-0.15, -0.1) is 0 Å². The molecule has 0 atom stereocenters. The Morgan fingerprint density at radius 3 is 2.25 bits per heavy atom. The van der Waals surface area contributed by atoms with Gasteiger partial charge in [0.15, 0.2) is 0 Å². The summed E-state index contributed by atoms with van der Waals surface area (Å²) in [5.41, 5.74) is -1.48. The summed E-state index contributed by atoms with van der Waals surface area (Å²) in [6.07, 6.45) is 1.97. The van der Waals surface area contributed by atoms with Crippen LogP contribution in [0.5, 0.6) is 0 Å². The third-order valence-corrected chi connectivity index (χ3v) is 7.63. The fraction of sp³-hybridized carbons (Fsp3) is 0.769. The summed E-state index contributed by atoms with van der Waals surface area (Å²) in [4.78, 5) is 2.77. The van der Waals surface area contributed by atoms with Crippen LogP contribution in [0.4, 0.5) is 0 Å². The summed E-state index contributed by atoms with van der Waals surface area (Å²) >= 11 is 6.90. The Balaban J connectivity index is 2.99. The highest BCUT2D eigenvalue weighted by Crippen LogP contribution is 2.65. The number of likely N-dealkylation sites (tertiary alicyclic amines) is 1. The van der Waals surface area contributed by atoms with E-state index in [9.17, 15) is 5.26 Å². The Bertz CT molecular complexity index is 444. The van der Waals surface area contributed by atoms with Gasteiger partial charge in [0, 0.05) is 19.3 Å². The minimum absolute atomic E-state index is 0.0154. The topological polar surface area (TPSA) is 45.5 Å². The van der Waals surface area contributed by atoms with Crippen LogP contribution in [0, 0.1) is 11.3 Å². The van der Waals surface area contributed by atoms with E-state index in [0.29, 0.717) is 4.91 Å². The Morgan fingerprint density at radius 1 is 1.35 bits per heavy atom. The van der Waals surface area contributed by atoms with E-state index in [1.165, 1.54) is 11.4 Å². The maximum Gasteiger partial charge on any atom is 0.253 e. The second-order valence-corrected chi connectivity index (χ2v) is 11.3. The molecule has 1 aliphatic heterocycles. The molecule has 4 nitrogen and oxygen atoms in total. The van der Waals surface area contributed by atoms with Crippen LogP contribution in [0.1, 0.15) is 40.5 Å². The monoisotopic (exact) mass is 334 g/mol. The zero-order valence-corrected chi connectivity index (χ0v) is 15.3. The Morgan fingerprint density at radius 2 is 1.90 bits per heavy atom. The zero-order chi connectivity index (χ0) is 15.3. The molecule has 7 heteroatoms. The lowest BCUT2D eigenvalue weighted by Crippen LogP contribution is -2.12. The van der Waals surface area contributed by atoms with Gasteiger partial charge >= 0.3 is 0 Å². The molecule has 1 heterocycles. The highest BCUT2D eigenvalue weighted by molar-refractivity contribution is 8.69. The molecular formula is C13H23N2O2PS2. The lowest BCUT2D eigenvalue weighted by molar-refractivity contribution is 0.186. The van der Waals surface area contributed by atoms with Crippen LogP contribution in [-0.2, 0) is 20.9 Å². The average Bonchev–Trinajstić information content (AvgIpc) is 2.70. The molecule has 1 fully saturated rings. The molecule has 114 valence electrons. The van der Waals surface area contributed by atoms with Crippen LogP contribution >= 0.6 is 17.1 Å². The van der Waals surface area contributed by atoms with Gasteiger partial charge in [-0.05, 0) is 63.7 Å². The van der Waals surface area contributed by atoms with Crippen LogP contribution in [-0.4, -0.2) is 30.7 Å². The van der Waals surface area contributed by atoms with Gasteiger partial charge in [-0.3, -0.25) is 0 Å². The molecule has 0 aromatic heterocycles. The molecule has 0 bridgehead atoms. The number of allylic oxidation sites excluding steroid dienone is 2. The first-order valence-corrected chi connectivity index (χ1v) is 10.8. The third kappa shape index (κ3) is 5.38. The maximum absolute atomic E-state index is 9.44. The molecule has 1 aliphatic rings. The summed E-state index contributed by atoms with van der Waals surface area (Å²) in [5, 5.41) is 9.44. The van der Waals surface area contributed by atoms with E-state index in [1.807, 2.05) is 34.7 Å². The summed E-state index contributed by atoms with van der Waals surface area (Å²) in [6.45, 7) is 8.73. The van der Waals surface area contributed by atoms with Gasteiger partial charge < -0.3 is 13.9 Å². The van der Waals surface area contributed by atoms with Crippen molar-refractivity contribution in [2.24, 2.45) is 0 Å². The van der Waals surface area contributed by atoms with Crippen molar-refractivity contribution in [2.75, 3.05) is 13.6 Å². The van der Waals surface area contributed by atoms with E-state index in [1.54, 1.807) is 0 Å². The smallest absolute Gasteiger partial charge is 0.253 e. The van der Waals surface area contributed by atoms with E-state index in [4.69, 9.17) is 20.9 Å². The summed E-state index contributed by atoms with van der Waals surface area (Å²) in [5.74, 6) is 0. The Kier molecular flexibility index (Phi) is 7.03. The molecule has 0 aromatic rings. The molecule has 0 spiro atoms. The quantitative estimate of drug-likeness (QED) is 0.534. The van der Waals surface area contributed by atoms with Crippen LogP contribution in [0.3, 0.4) is 0 Å². The number of nitrogens with zero attached hydrogens (tertiary/aromatic N) is 2. The van der Waals surface area contributed by atoms with E-state index in [2.05, 4.69) is 11.0 Å². The molecular weight excluding hydrogens is 311 g/mol. The van der Waals surface area contributed by atoms with Crippen molar-refractivity contribution >= 4 is 28.9 Å². The Hall–Kier alpha value is -0.0500. The van der Waals surface area contributed by atoms with Crippen molar-refractivity contribution in [1.82, 2.24) is 4.90 Å². The fourth-order valence-electron chi connectivity index (χ4n) is 1.93. The molecule has 1 saturated heterocycles. The van der Waals surface area contributed by atoms with E-state index < -0.39 is 5.69 Å². The zero-order valence-electron chi connectivity index (χ0n) is 12.8. The van der Waals surface area contributed by atoms with Gasteiger partial charge in [0.2, 0.25) is 0 Å². The molecule has 20 heavy (non-hydrogen) atoms. The van der Waals surface area contributed by atoms with E-state index >= 15 is 0 Å². The number of hydrogen-bond donors (Lipinski definition) is 0. The van der Waals surface area contributed by atoms with Gasteiger partial charge in [-0.25, -0.2) is 0 Å². The first-order chi connectivity index (χ1) is 9.27. The fourth-order valence-corrected chi connectivity index (χ4v) is 7.83. The second kappa shape index (κ2) is 7.82. The molecule has 0 saturated carbocycles. The van der Waals surface area contributed by atoms with Crippen LogP contribution < -0.4 is 0 Å². The number of rotatable bonds is 6. The van der Waals surface area contributed by atoms with Crippen LogP contribution in [0.15, 0.2) is 10.6 Å². The largest absolute Gasteiger partial charge is 0.376 e. The minimum atomic E-state index is -2.54. The standard InChI is InChI=1S/C13H23N2O2PS2/c1-10(2)16-18(19,17-11(3)4)20-13(9-14)12-7-6-8-15(12)5/h10-11H,6-8H2,1-5H3/b13-12+. The van der Waals surface area contributed by atoms with Crippen molar-refractivity contribution in [3.63, 3.8) is 0 Å². The van der Waals surface area contributed by atoms with E-state index in [-0.39, 0.29) is 12.2 Å². The molecule has 0 radical (unpaired) electrons. The lowest BCUT2D eigenvalue weighted by atomic mass is 10.3. The lowest BCUT2D eigenvalue weighted by Gasteiger charge is -2.26. The van der Waals surface area contributed by atoms with Crippen molar-refractivity contribution < 1.29 is 9.05 Å².